The van der Waals surface area contributed by atoms with Crippen LogP contribution in [0.4, 0.5) is 0 Å². The van der Waals surface area contributed by atoms with Crippen LogP contribution in [0.2, 0.25) is 0 Å². The summed E-state index contributed by atoms with van der Waals surface area (Å²) in [5.41, 5.74) is 4.72. The van der Waals surface area contributed by atoms with Crippen molar-refractivity contribution in [3.63, 3.8) is 0 Å². The van der Waals surface area contributed by atoms with E-state index in [-0.39, 0.29) is 5.78 Å². The van der Waals surface area contributed by atoms with Gasteiger partial charge in [-0.15, -0.1) is 0 Å². The number of hydrogen-bond donors (Lipinski definition) is 0. The van der Waals surface area contributed by atoms with E-state index < -0.39 is 0 Å². The number of carbonyl (C=O) groups is 1. The van der Waals surface area contributed by atoms with Crippen LogP contribution in [0.5, 0.6) is 11.5 Å². The van der Waals surface area contributed by atoms with Crippen molar-refractivity contribution in [3.05, 3.63) is 99.0 Å². The number of halogens is 1. The summed E-state index contributed by atoms with van der Waals surface area (Å²) in [7, 11) is 0. The van der Waals surface area contributed by atoms with E-state index in [0.717, 1.165) is 63.4 Å². The highest BCUT2D eigenvalue weighted by molar-refractivity contribution is 9.10. The molecular weight excluding hydrogens is 514 g/mol. The zero-order valence-electron chi connectivity index (χ0n) is 20.5. The Balaban J connectivity index is 1.14. The van der Waals surface area contributed by atoms with Gasteiger partial charge in [-0.05, 0) is 97.6 Å². The molecule has 36 heavy (non-hydrogen) atoms. The summed E-state index contributed by atoms with van der Waals surface area (Å²) in [4.78, 5) is 15.5. The number of likely N-dealkylation sites (tertiary alicyclic amines) is 1. The molecule has 3 aromatic carbocycles. The topological polar surface area (TPSA) is 38.8 Å². The summed E-state index contributed by atoms with van der Waals surface area (Å²) in [6.45, 7) is 4.80. The number of hydrogen-bond acceptors (Lipinski definition) is 4. The van der Waals surface area contributed by atoms with Gasteiger partial charge in [0.15, 0.2) is 5.78 Å². The normalized spacial score (nSPS) is 16.8. The van der Waals surface area contributed by atoms with Crippen LogP contribution in [0.3, 0.4) is 0 Å². The van der Waals surface area contributed by atoms with Crippen LogP contribution in [0.25, 0.3) is 6.08 Å². The van der Waals surface area contributed by atoms with E-state index in [4.69, 9.17) is 9.47 Å². The summed E-state index contributed by atoms with van der Waals surface area (Å²) in [5, 5.41) is 0. The highest BCUT2D eigenvalue weighted by Gasteiger charge is 2.25. The third kappa shape index (κ3) is 6.45. The van der Waals surface area contributed by atoms with Gasteiger partial charge in [-0.2, -0.15) is 0 Å². The molecule has 5 heteroatoms. The number of ether oxygens (including phenoxy) is 2. The van der Waals surface area contributed by atoms with E-state index in [1.54, 1.807) is 0 Å². The van der Waals surface area contributed by atoms with Crippen molar-refractivity contribution in [2.75, 3.05) is 26.2 Å². The molecule has 4 nitrogen and oxygen atoms in total. The number of carbonyl (C=O) groups excluding carboxylic acids is 1. The molecule has 0 amide bonds. The lowest BCUT2D eigenvalue weighted by molar-refractivity contribution is 0.104. The van der Waals surface area contributed by atoms with Crippen molar-refractivity contribution in [2.45, 2.75) is 38.7 Å². The van der Waals surface area contributed by atoms with Gasteiger partial charge in [0.25, 0.3) is 0 Å². The highest BCUT2D eigenvalue weighted by Crippen LogP contribution is 2.31. The second kappa shape index (κ2) is 11.9. The summed E-state index contributed by atoms with van der Waals surface area (Å²) in [5.74, 6) is 1.76. The maximum absolute atomic E-state index is 13.0. The van der Waals surface area contributed by atoms with Crippen molar-refractivity contribution in [2.24, 2.45) is 0 Å². The summed E-state index contributed by atoms with van der Waals surface area (Å²) >= 11 is 3.45. The first-order valence-electron chi connectivity index (χ1n) is 12.8. The van der Waals surface area contributed by atoms with Gasteiger partial charge < -0.3 is 14.4 Å². The quantitative estimate of drug-likeness (QED) is 0.212. The van der Waals surface area contributed by atoms with Crippen LogP contribution in [0, 0.1) is 0 Å². The van der Waals surface area contributed by atoms with E-state index in [1.807, 2.05) is 72.8 Å². The van der Waals surface area contributed by atoms with Gasteiger partial charge >= 0.3 is 0 Å². The monoisotopic (exact) mass is 545 g/mol. The van der Waals surface area contributed by atoms with Crippen LogP contribution >= 0.6 is 15.9 Å². The Hall–Kier alpha value is -2.89. The zero-order valence-corrected chi connectivity index (χ0v) is 22.1. The van der Waals surface area contributed by atoms with Crippen molar-refractivity contribution in [1.82, 2.24) is 4.90 Å². The number of allylic oxidation sites excluding steroid dienone is 1. The molecule has 186 valence electrons. The molecule has 0 spiro atoms. The van der Waals surface area contributed by atoms with Crippen molar-refractivity contribution < 1.29 is 14.3 Å². The number of Topliss-reactive ketones (excluding diaryl/α,β-unsaturated/α-hetero) is 1. The van der Waals surface area contributed by atoms with Crippen LogP contribution in [0.1, 0.15) is 52.7 Å². The number of fused-ring (bicyclic) bond motifs is 1. The van der Waals surface area contributed by atoms with E-state index in [1.165, 1.54) is 32.4 Å². The van der Waals surface area contributed by atoms with Gasteiger partial charge in [-0.25, -0.2) is 0 Å². The average Bonchev–Trinajstić information content (AvgIpc) is 3.22. The molecule has 0 unspecified atom stereocenters. The summed E-state index contributed by atoms with van der Waals surface area (Å²) in [6.07, 6.45) is 7.69. The largest absolute Gasteiger partial charge is 0.494 e. The Morgan fingerprint density at radius 3 is 2.39 bits per heavy atom. The second-order valence-corrected chi connectivity index (χ2v) is 10.5. The van der Waals surface area contributed by atoms with E-state index >= 15 is 0 Å². The minimum atomic E-state index is 0.0995. The minimum absolute atomic E-state index is 0.0995. The van der Waals surface area contributed by atoms with Crippen LogP contribution in [-0.4, -0.2) is 36.9 Å². The molecule has 3 aromatic rings. The van der Waals surface area contributed by atoms with E-state index in [0.29, 0.717) is 13.0 Å². The standard InChI is InChI=1S/C31H32BrNO3/c32-27-9-5-24(6-10-27)22-36-29-13-14-30-25(21-29)20-26(31(30)34)19-23-7-11-28(12-8-23)35-18-4-17-33-15-2-1-3-16-33/h5-14,19,21H,1-4,15-18,20,22H2/b26-19+. The molecule has 1 aliphatic carbocycles. The van der Waals surface area contributed by atoms with E-state index in [2.05, 4.69) is 20.8 Å². The lowest BCUT2D eigenvalue weighted by atomic mass is 10.1. The first-order valence-corrected chi connectivity index (χ1v) is 13.6. The molecule has 5 rings (SSSR count). The first-order chi connectivity index (χ1) is 17.6. The Bertz CT molecular complexity index is 1210. The van der Waals surface area contributed by atoms with Gasteiger partial charge in [0.1, 0.15) is 18.1 Å². The minimum Gasteiger partial charge on any atom is -0.494 e. The first kappa shape index (κ1) is 24.8. The Morgan fingerprint density at radius 2 is 1.61 bits per heavy atom. The van der Waals surface area contributed by atoms with Gasteiger partial charge in [0.2, 0.25) is 0 Å². The maximum Gasteiger partial charge on any atom is 0.189 e. The van der Waals surface area contributed by atoms with Crippen LogP contribution in [0.15, 0.2) is 76.8 Å². The molecule has 1 aliphatic heterocycles. The average molecular weight is 547 g/mol. The smallest absolute Gasteiger partial charge is 0.189 e. The molecule has 0 saturated carbocycles. The molecular formula is C31H32BrNO3. The Morgan fingerprint density at radius 1 is 0.861 bits per heavy atom. The SMILES string of the molecule is O=C1/C(=C/c2ccc(OCCCN3CCCCC3)cc2)Cc2cc(OCc3ccc(Br)cc3)ccc21. The fraction of sp³-hybridized carbons (Fsp3) is 0.323. The number of ketones is 1. The lowest BCUT2D eigenvalue weighted by Crippen LogP contribution is -2.31. The third-order valence-electron chi connectivity index (χ3n) is 6.87. The van der Waals surface area contributed by atoms with Crippen LogP contribution in [-0.2, 0) is 13.0 Å². The molecule has 1 saturated heterocycles. The van der Waals surface area contributed by atoms with E-state index in [9.17, 15) is 4.79 Å². The number of nitrogens with zero attached hydrogens (tertiary/aromatic N) is 1. The lowest BCUT2D eigenvalue weighted by Gasteiger charge is -2.26. The van der Waals surface area contributed by atoms with Gasteiger partial charge in [-0.3, -0.25) is 4.79 Å². The zero-order chi connectivity index (χ0) is 24.7. The van der Waals surface area contributed by atoms with Gasteiger partial charge in [0.05, 0.1) is 6.61 Å². The summed E-state index contributed by atoms with van der Waals surface area (Å²) in [6, 6.07) is 21.9. The molecule has 0 atom stereocenters. The number of piperidine rings is 1. The molecule has 0 radical (unpaired) electrons. The fourth-order valence-corrected chi connectivity index (χ4v) is 5.14. The van der Waals surface area contributed by atoms with Crippen LogP contribution < -0.4 is 9.47 Å². The molecule has 0 N–H and O–H groups in total. The molecule has 0 aromatic heterocycles. The van der Waals surface area contributed by atoms with Crippen molar-refractivity contribution in [3.8, 4) is 11.5 Å². The van der Waals surface area contributed by atoms with Gasteiger partial charge in [0, 0.05) is 28.6 Å². The highest BCUT2D eigenvalue weighted by atomic mass is 79.9. The predicted molar refractivity (Wildman–Crippen MR) is 148 cm³/mol. The predicted octanol–water partition coefficient (Wildman–Crippen LogP) is 7.11. The molecule has 1 fully saturated rings. The van der Waals surface area contributed by atoms with Crippen molar-refractivity contribution >= 4 is 27.8 Å². The second-order valence-electron chi connectivity index (χ2n) is 9.58. The summed E-state index contributed by atoms with van der Waals surface area (Å²) < 4.78 is 13.0. The third-order valence-corrected chi connectivity index (χ3v) is 7.40. The number of benzene rings is 3. The molecule has 2 aliphatic rings. The van der Waals surface area contributed by atoms with Gasteiger partial charge in [-0.1, -0.05) is 46.6 Å². The number of rotatable bonds is 9. The Labute approximate surface area is 222 Å². The van der Waals surface area contributed by atoms with Crippen molar-refractivity contribution in [1.29, 1.82) is 0 Å². The Kier molecular flexibility index (Phi) is 8.19. The fourth-order valence-electron chi connectivity index (χ4n) is 4.87. The maximum atomic E-state index is 13.0. The molecule has 1 heterocycles. The molecule has 0 bridgehead atoms.